The molecule has 2 unspecified atom stereocenters. The number of benzene rings is 1. The first-order valence-electron chi connectivity index (χ1n) is 8.32. The average molecular weight is 314 g/mol. The van der Waals surface area contributed by atoms with E-state index in [4.69, 9.17) is 4.74 Å². The van der Waals surface area contributed by atoms with E-state index in [-0.39, 0.29) is 23.5 Å². The summed E-state index contributed by atoms with van der Waals surface area (Å²) in [5.41, 5.74) is 2.85. The molecule has 1 aliphatic rings. The van der Waals surface area contributed by atoms with Gasteiger partial charge in [0.25, 0.3) is 5.91 Å². The van der Waals surface area contributed by atoms with Crippen LogP contribution in [0.5, 0.6) is 0 Å². The van der Waals surface area contributed by atoms with Crippen molar-refractivity contribution in [1.82, 2.24) is 9.88 Å². The molecular weight excluding hydrogens is 288 g/mol. The van der Waals surface area contributed by atoms with E-state index in [1.54, 1.807) is 0 Å². The van der Waals surface area contributed by atoms with Crippen LogP contribution in [0.2, 0.25) is 0 Å². The number of amides is 1. The Kier molecular flexibility index (Phi) is 3.96. The fourth-order valence-electron chi connectivity index (χ4n) is 3.69. The third-order valence-electron chi connectivity index (χ3n) is 5.29. The maximum absolute atomic E-state index is 12.8. The van der Waals surface area contributed by atoms with Gasteiger partial charge >= 0.3 is 0 Å². The van der Waals surface area contributed by atoms with Crippen molar-refractivity contribution in [1.29, 1.82) is 0 Å². The molecule has 124 valence electrons. The van der Waals surface area contributed by atoms with E-state index in [9.17, 15) is 4.79 Å². The number of aromatic amines is 1. The summed E-state index contributed by atoms with van der Waals surface area (Å²) in [5.74, 6) is 0.0480. The molecule has 1 N–H and O–H groups in total. The number of aryl methyl sites for hydroxylation is 1. The second-order valence-electron chi connectivity index (χ2n) is 7.21. The predicted octanol–water partition coefficient (Wildman–Crippen LogP) is 3.75. The van der Waals surface area contributed by atoms with E-state index in [1.165, 1.54) is 5.56 Å². The summed E-state index contributed by atoms with van der Waals surface area (Å²) in [6, 6.07) is 8.34. The van der Waals surface area contributed by atoms with Crippen molar-refractivity contribution in [3.63, 3.8) is 0 Å². The minimum Gasteiger partial charge on any atom is -0.378 e. The summed E-state index contributed by atoms with van der Waals surface area (Å²) in [6.45, 7) is 9.16. The van der Waals surface area contributed by atoms with Crippen molar-refractivity contribution in [2.24, 2.45) is 5.41 Å². The van der Waals surface area contributed by atoms with Crippen LogP contribution in [0.3, 0.4) is 0 Å². The van der Waals surface area contributed by atoms with Crippen LogP contribution in [-0.4, -0.2) is 41.6 Å². The van der Waals surface area contributed by atoms with Gasteiger partial charge < -0.3 is 14.6 Å². The summed E-state index contributed by atoms with van der Waals surface area (Å²) in [5, 5.41) is 1.08. The Hall–Kier alpha value is -1.81. The molecule has 3 rings (SSSR count). The predicted molar refractivity (Wildman–Crippen MR) is 92.7 cm³/mol. The Morgan fingerprint density at radius 2 is 2.13 bits per heavy atom. The van der Waals surface area contributed by atoms with Gasteiger partial charge in [0.15, 0.2) is 0 Å². The first-order valence-corrected chi connectivity index (χ1v) is 8.32. The van der Waals surface area contributed by atoms with Crippen LogP contribution >= 0.6 is 0 Å². The van der Waals surface area contributed by atoms with Gasteiger partial charge in [-0.1, -0.05) is 26.0 Å². The van der Waals surface area contributed by atoms with Gasteiger partial charge in [-0.15, -0.1) is 0 Å². The molecule has 0 radical (unpaired) electrons. The van der Waals surface area contributed by atoms with Crippen LogP contribution in [-0.2, 0) is 4.74 Å². The van der Waals surface area contributed by atoms with E-state index in [1.807, 2.05) is 24.9 Å². The standard InChI is InChI=1S/C19H26N2O2/c1-6-23-17-11-16(19(17,3)4)21(5)18(22)15-10-13-8-7-12(2)9-14(13)20-15/h7-10,16-17,20H,6,11H2,1-5H3. The number of aromatic nitrogens is 1. The molecule has 1 saturated carbocycles. The maximum atomic E-state index is 12.8. The van der Waals surface area contributed by atoms with Crippen LogP contribution in [0.15, 0.2) is 24.3 Å². The molecule has 1 fully saturated rings. The number of hydrogen-bond donors (Lipinski definition) is 1. The lowest BCUT2D eigenvalue weighted by atomic mass is 9.63. The molecule has 1 amide bonds. The zero-order valence-corrected chi connectivity index (χ0v) is 14.6. The highest BCUT2D eigenvalue weighted by Crippen LogP contribution is 2.45. The lowest BCUT2D eigenvalue weighted by molar-refractivity contribution is -0.136. The number of hydrogen-bond acceptors (Lipinski definition) is 2. The van der Waals surface area contributed by atoms with Gasteiger partial charge in [0, 0.05) is 36.0 Å². The number of ether oxygens (including phenoxy) is 1. The number of nitrogens with one attached hydrogen (secondary N) is 1. The molecular formula is C19H26N2O2. The van der Waals surface area contributed by atoms with Crippen molar-refractivity contribution >= 4 is 16.8 Å². The molecule has 1 heterocycles. The van der Waals surface area contributed by atoms with Gasteiger partial charge in [0.1, 0.15) is 5.69 Å². The number of H-pyrrole nitrogens is 1. The van der Waals surface area contributed by atoms with Crippen molar-refractivity contribution < 1.29 is 9.53 Å². The highest BCUT2D eigenvalue weighted by Gasteiger charge is 2.51. The Morgan fingerprint density at radius 3 is 2.78 bits per heavy atom. The normalized spacial score (nSPS) is 22.8. The van der Waals surface area contributed by atoms with E-state index in [2.05, 4.69) is 44.0 Å². The number of nitrogens with zero attached hydrogens (tertiary/aromatic N) is 1. The lowest BCUT2D eigenvalue weighted by Gasteiger charge is -2.54. The van der Waals surface area contributed by atoms with Gasteiger partial charge in [-0.2, -0.15) is 0 Å². The molecule has 0 bridgehead atoms. The number of carbonyl (C=O) groups excluding carboxylic acids is 1. The summed E-state index contributed by atoms with van der Waals surface area (Å²) >= 11 is 0. The second-order valence-corrected chi connectivity index (χ2v) is 7.21. The number of rotatable bonds is 4. The highest BCUT2D eigenvalue weighted by atomic mass is 16.5. The molecule has 2 aromatic rings. The summed E-state index contributed by atoms with van der Waals surface area (Å²) in [6.07, 6.45) is 1.14. The van der Waals surface area contributed by atoms with Gasteiger partial charge in [-0.3, -0.25) is 4.79 Å². The first kappa shape index (κ1) is 16.1. The fraction of sp³-hybridized carbons (Fsp3) is 0.526. The highest BCUT2D eigenvalue weighted by molar-refractivity contribution is 5.98. The molecule has 2 atom stereocenters. The molecule has 0 aliphatic heterocycles. The third kappa shape index (κ3) is 2.65. The zero-order valence-electron chi connectivity index (χ0n) is 14.6. The third-order valence-corrected chi connectivity index (χ3v) is 5.29. The SMILES string of the molecule is CCOC1CC(N(C)C(=O)c2cc3ccc(C)cc3[nH]2)C1(C)C. The largest absolute Gasteiger partial charge is 0.378 e. The molecule has 1 aromatic heterocycles. The number of fused-ring (bicyclic) bond motifs is 1. The minimum absolute atomic E-state index is 0.0109. The molecule has 23 heavy (non-hydrogen) atoms. The fourth-order valence-corrected chi connectivity index (χ4v) is 3.69. The molecule has 1 aliphatic carbocycles. The molecule has 4 heteroatoms. The van der Waals surface area contributed by atoms with Crippen molar-refractivity contribution in [2.45, 2.75) is 46.3 Å². The molecule has 0 spiro atoms. The smallest absolute Gasteiger partial charge is 0.270 e. The maximum Gasteiger partial charge on any atom is 0.270 e. The summed E-state index contributed by atoms with van der Waals surface area (Å²) in [7, 11) is 1.90. The lowest BCUT2D eigenvalue weighted by Crippen LogP contribution is -2.62. The van der Waals surface area contributed by atoms with Gasteiger partial charge in [0.2, 0.25) is 0 Å². The van der Waals surface area contributed by atoms with Gasteiger partial charge in [0.05, 0.1) is 6.10 Å². The van der Waals surface area contributed by atoms with Crippen LogP contribution in [0.1, 0.15) is 43.2 Å². The van der Waals surface area contributed by atoms with Crippen LogP contribution in [0.4, 0.5) is 0 Å². The topological polar surface area (TPSA) is 45.3 Å². The van der Waals surface area contributed by atoms with Crippen molar-refractivity contribution in [2.75, 3.05) is 13.7 Å². The first-order chi connectivity index (χ1) is 10.8. The van der Waals surface area contributed by atoms with Crippen molar-refractivity contribution in [3.8, 4) is 0 Å². The van der Waals surface area contributed by atoms with Gasteiger partial charge in [-0.05, 0) is 38.0 Å². The molecule has 0 saturated heterocycles. The Bertz CT molecular complexity index is 732. The summed E-state index contributed by atoms with van der Waals surface area (Å²) in [4.78, 5) is 18.0. The average Bonchev–Trinajstić information content (AvgIpc) is 2.92. The van der Waals surface area contributed by atoms with Gasteiger partial charge in [-0.25, -0.2) is 0 Å². The van der Waals surface area contributed by atoms with E-state index in [0.717, 1.165) is 23.9 Å². The Labute approximate surface area is 137 Å². The quantitative estimate of drug-likeness (QED) is 0.934. The Balaban J connectivity index is 1.79. The second kappa shape index (κ2) is 5.68. The van der Waals surface area contributed by atoms with Crippen LogP contribution < -0.4 is 0 Å². The zero-order chi connectivity index (χ0) is 16.8. The van der Waals surface area contributed by atoms with E-state index in [0.29, 0.717) is 5.69 Å². The van der Waals surface area contributed by atoms with Crippen molar-refractivity contribution in [3.05, 3.63) is 35.5 Å². The molecule has 4 nitrogen and oxygen atoms in total. The van der Waals surface area contributed by atoms with Crippen LogP contribution in [0.25, 0.3) is 10.9 Å². The summed E-state index contributed by atoms with van der Waals surface area (Å²) < 4.78 is 5.77. The monoisotopic (exact) mass is 314 g/mol. The Morgan fingerprint density at radius 1 is 1.39 bits per heavy atom. The van der Waals surface area contributed by atoms with E-state index < -0.39 is 0 Å². The van der Waals surface area contributed by atoms with E-state index >= 15 is 0 Å². The van der Waals surface area contributed by atoms with Crippen LogP contribution in [0, 0.1) is 12.3 Å². The minimum atomic E-state index is -0.0109. The number of carbonyl (C=O) groups is 1. The molecule has 1 aromatic carbocycles.